The van der Waals surface area contributed by atoms with Gasteiger partial charge in [-0.2, -0.15) is 18.4 Å². The van der Waals surface area contributed by atoms with Gasteiger partial charge < -0.3 is 19.1 Å². The number of fused-ring (bicyclic) bond motifs is 2. The maximum Gasteiger partial charge on any atom is 0.417 e. The fourth-order valence-corrected chi connectivity index (χ4v) is 8.15. The third-order valence-electron chi connectivity index (χ3n) is 10.6. The van der Waals surface area contributed by atoms with Gasteiger partial charge in [0.2, 0.25) is 11.8 Å². The van der Waals surface area contributed by atoms with Crippen molar-refractivity contribution < 1.29 is 37.1 Å². The topological polar surface area (TPSA) is 141 Å². The molecule has 4 aromatic carbocycles. The van der Waals surface area contributed by atoms with Crippen molar-refractivity contribution in [2.75, 3.05) is 16.4 Å². The van der Waals surface area contributed by atoms with Crippen LogP contribution >= 0.6 is 12.2 Å². The molecule has 2 fully saturated rings. The Bertz CT molecular complexity index is 2580. The van der Waals surface area contributed by atoms with Crippen LogP contribution in [0.5, 0.6) is 5.75 Å². The van der Waals surface area contributed by atoms with Crippen LogP contribution in [-0.2, 0) is 33.6 Å². The lowest BCUT2D eigenvalue weighted by molar-refractivity contribution is -0.138. The summed E-state index contributed by atoms with van der Waals surface area (Å²) in [4.78, 5) is 59.7. The van der Waals surface area contributed by atoms with E-state index in [4.69, 9.17) is 17.0 Å². The summed E-state index contributed by atoms with van der Waals surface area (Å²) in [5.41, 5.74) is 2.06. The minimum atomic E-state index is -4.80. The van der Waals surface area contributed by atoms with Crippen LogP contribution < -0.4 is 19.9 Å². The number of halogens is 3. The number of imide groups is 1. The number of hydrogen-bond donors (Lipinski definition) is 1. The molecule has 0 bridgehead atoms. The maximum absolute atomic E-state index is 13.7. The quantitative estimate of drug-likeness (QED) is 0.141. The van der Waals surface area contributed by atoms with Crippen LogP contribution in [0.3, 0.4) is 0 Å². The number of rotatable bonds is 8. The Morgan fingerprint density at radius 2 is 1.72 bits per heavy atom. The number of alkyl halides is 3. The Labute approximate surface area is 329 Å². The van der Waals surface area contributed by atoms with Gasteiger partial charge in [-0.3, -0.25) is 29.4 Å². The molecule has 8 rings (SSSR count). The van der Waals surface area contributed by atoms with Crippen LogP contribution in [0, 0.1) is 11.3 Å². The smallest absolute Gasteiger partial charge is 0.417 e. The minimum Gasteiger partial charge on any atom is -0.491 e. The Hall–Kier alpha value is -6.60. The second-order valence-electron chi connectivity index (χ2n) is 14.4. The van der Waals surface area contributed by atoms with E-state index in [1.165, 1.54) is 11.0 Å². The lowest BCUT2D eigenvalue weighted by Gasteiger charge is -2.29. The number of hydrogen-bond acceptors (Lipinski definition) is 8. The molecule has 16 heteroatoms. The van der Waals surface area contributed by atoms with Gasteiger partial charge in [0, 0.05) is 23.2 Å². The van der Waals surface area contributed by atoms with Gasteiger partial charge in [0.05, 0.1) is 53.3 Å². The monoisotopic (exact) mass is 791 g/mol. The van der Waals surface area contributed by atoms with E-state index in [-0.39, 0.29) is 48.6 Å². The fourth-order valence-electron chi connectivity index (χ4n) is 7.63. The van der Waals surface area contributed by atoms with E-state index >= 15 is 0 Å². The summed E-state index contributed by atoms with van der Waals surface area (Å²) in [5.74, 6) is -1.05. The summed E-state index contributed by atoms with van der Waals surface area (Å²) in [7, 11) is 0. The number of aromatic nitrogens is 2. The van der Waals surface area contributed by atoms with Gasteiger partial charge in [-0.05, 0) is 98.2 Å². The Balaban J connectivity index is 0.951. The van der Waals surface area contributed by atoms with Gasteiger partial charge in [-0.25, -0.2) is 4.98 Å². The first-order valence-electron chi connectivity index (χ1n) is 17.9. The van der Waals surface area contributed by atoms with Gasteiger partial charge in [0.25, 0.3) is 11.8 Å². The highest BCUT2D eigenvalue weighted by atomic mass is 32.1. The zero-order chi connectivity index (χ0) is 40.4. The molecule has 1 unspecified atom stereocenters. The van der Waals surface area contributed by atoms with Crippen LogP contribution in [0.25, 0.3) is 22.2 Å². The first-order valence-corrected chi connectivity index (χ1v) is 18.3. The van der Waals surface area contributed by atoms with Crippen LogP contribution in [-0.4, -0.2) is 61.4 Å². The summed E-state index contributed by atoms with van der Waals surface area (Å²) >= 11 is 5.68. The van der Waals surface area contributed by atoms with E-state index in [1.807, 2.05) is 34.9 Å². The molecule has 1 aromatic heterocycles. The zero-order valence-electron chi connectivity index (χ0n) is 30.5. The van der Waals surface area contributed by atoms with Crippen molar-refractivity contribution in [2.24, 2.45) is 0 Å². The lowest BCUT2D eigenvalue weighted by atomic mass is 10.0. The molecule has 1 N–H and O–H groups in total. The molecule has 0 aliphatic carbocycles. The number of amides is 4. The number of carbonyl (C=O) groups excluding carboxylic acids is 4. The third kappa shape index (κ3) is 6.43. The molecule has 12 nitrogen and oxygen atoms in total. The predicted molar refractivity (Wildman–Crippen MR) is 206 cm³/mol. The highest BCUT2D eigenvalue weighted by molar-refractivity contribution is 7.81. The van der Waals surface area contributed by atoms with Crippen molar-refractivity contribution in [3.05, 3.63) is 107 Å². The highest BCUT2D eigenvalue weighted by Crippen LogP contribution is 2.40. The van der Waals surface area contributed by atoms with Gasteiger partial charge in [0.1, 0.15) is 23.9 Å². The summed E-state index contributed by atoms with van der Waals surface area (Å²) in [6.07, 6.45) is -2.64. The van der Waals surface area contributed by atoms with Crippen molar-refractivity contribution in [3.63, 3.8) is 0 Å². The minimum absolute atomic E-state index is 0.00542. The van der Waals surface area contributed by atoms with E-state index in [2.05, 4.69) is 10.3 Å². The van der Waals surface area contributed by atoms with Crippen molar-refractivity contribution >= 4 is 63.4 Å². The second-order valence-corrected chi connectivity index (χ2v) is 14.7. The second kappa shape index (κ2) is 13.9. The molecule has 4 amide bonds. The van der Waals surface area contributed by atoms with Gasteiger partial charge in [-0.1, -0.05) is 24.3 Å². The normalized spacial score (nSPS) is 18.0. The molecular formula is C41H32F3N7O5S. The van der Waals surface area contributed by atoms with Crippen molar-refractivity contribution in [3.8, 4) is 22.9 Å². The molecular weight excluding hydrogens is 760 g/mol. The van der Waals surface area contributed by atoms with Crippen molar-refractivity contribution in [1.82, 2.24) is 19.8 Å². The average molecular weight is 792 g/mol. The molecule has 5 aromatic rings. The summed E-state index contributed by atoms with van der Waals surface area (Å²) in [6, 6.07) is 22.3. The van der Waals surface area contributed by atoms with Crippen LogP contribution in [0.15, 0.2) is 85.2 Å². The Kier molecular flexibility index (Phi) is 9.07. The van der Waals surface area contributed by atoms with Gasteiger partial charge in [0.15, 0.2) is 5.11 Å². The molecule has 0 saturated carbocycles. The zero-order valence-corrected chi connectivity index (χ0v) is 31.3. The molecule has 1 atom stereocenters. The maximum atomic E-state index is 13.7. The van der Waals surface area contributed by atoms with Crippen molar-refractivity contribution in [2.45, 2.75) is 57.5 Å². The van der Waals surface area contributed by atoms with Gasteiger partial charge in [-0.15, -0.1) is 0 Å². The number of benzene rings is 4. The highest BCUT2D eigenvalue weighted by Gasteiger charge is 2.51. The van der Waals surface area contributed by atoms with Crippen molar-refractivity contribution in [1.29, 1.82) is 5.26 Å². The first-order chi connectivity index (χ1) is 27.2. The Morgan fingerprint density at radius 3 is 2.44 bits per heavy atom. The number of nitrogens with zero attached hydrogens (tertiary/aromatic N) is 6. The van der Waals surface area contributed by atoms with E-state index in [9.17, 15) is 37.6 Å². The summed E-state index contributed by atoms with van der Waals surface area (Å²) < 4.78 is 49.4. The Morgan fingerprint density at radius 1 is 0.982 bits per heavy atom. The van der Waals surface area contributed by atoms with E-state index in [0.29, 0.717) is 29.1 Å². The average Bonchev–Trinajstić information content (AvgIpc) is 3.80. The van der Waals surface area contributed by atoms with Crippen LogP contribution in [0.1, 0.15) is 53.7 Å². The molecule has 0 spiro atoms. The molecule has 2 saturated heterocycles. The van der Waals surface area contributed by atoms with Crippen LogP contribution in [0.2, 0.25) is 0 Å². The van der Waals surface area contributed by atoms with E-state index in [1.54, 1.807) is 61.5 Å². The number of imidazole rings is 1. The van der Waals surface area contributed by atoms with Crippen LogP contribution in [0.4, 0.5) is 24.5 Å². The molecule has 3 aliphatic rings. The number of piperidine rings is 1. The van der Waals surface area contributed by atoms with Gasteiger partial charge >= 0.3 is 6.18 Å². The summed E-state index contributed by atoms with van der Waals surface area (Å²) in [6.45, 7) is 4.23. The first kappa shape index (κ1) is 37.3. The van der Waals surface area contributed by atoms with E-state index < -0.39 is 40.7 Å². The number of carbonyl (C=O) groups is 4. The van der Waals surface area contributed by atoms with E-state index in [0.717, 1.165) is 39.2 Å². The molecule has 57 heavy (non-hydrogen) atoms. The molecule has 288 valence electrons. The lowest BCUT2D eigenvalue weighted by Crippen LogP contribution is -2.52. The summed E-state index contributed by atoms with van der Waals surface area (Å²) in [5, 5.41) is 11.5. The third-order valence-corrected chi connectivity index (χ3v) is 10.9. The SMILES string of the molecule is CC1(C)C(=O)N(c2ccc(C#N)c(C(F)(F)F)c2)C(=S)N1c1ccc(-c2ccc3c(c2)ncn3CCOc2cccc3c2CN(C2CCC(=O)NC2=O)C3=O)cc1. The fraction of sp³-hybridized carbons (Fsp3) is 0.244. The number of ether oxygens (including phenoxy) is 1. The predicted octanol–water partition coefficient (Wildman–Crippen LogP) is 6.35. The number of nitriles is 1. The number of thiocarbonyl (C=S) groups is 1. The molecule has 0 radical (unpaired) electrons. The molecule has 4 heterocycles. The number of anilines is 2. The number of nitrogens with one attached hydrogen (secondary N) is 1. The largest absolute Gasteiger partial charge is 0.491 e. The molecule has 3 aliphatic heterocycles. The standard InChI is InChI=1S/C41H32F3N7O5S/c1-40(2)38(55)50(27-12-8-25(20-45)30(19-27)41(42,43)44)39(57)51(40)26-10-6-23(7-11-26)24-9-13-32-31(18-24)46-22-48(32)16-17-56-34-5-3-4-28-29(34)21-49(37(28)54)33-14-15-35(52)47-36(33)53/h3-13,18-19,22,33H,14-17,21H2,1-2H3,(H,47,52,53).